The van der Waals surface area contributed by atoms with Gasteiger partial charge in [0, 0.05) is 24.6 Å². The van der Waals surface area contributed by atoms with Gasteiger partial charge in [-0.3, -0.25) is 15.0 Å². The van der Waals surface area contributed by atoms with E-state index < -0.39 is 11.7 Å². The van der Waals surface area contributed by atoms with E-state index in [0.29, 0.717) is 17.1 Å². The first kappa shape index (κ1) is 13.4. The number of nitrogens with two attached hydrogens (primary N) is 1. The van der Waals surface area contributed by atoms with Crippen LogP contribution in [0.3, 0.4) is 0 Å². The number of alkyl halides is 3. The van der Waals surface area contributed by atoms with Crippen molar-refractivity contribution in [2.75, 3.05) is 0 Å². The molecule has 0 bridgehead atoms. The zero-order valence-corrected chi connectivity index (χ0v) is 10.0. The maximum Gasteiger partial charge on any atom is 0.417 e. The smallest absolute Gasteiger partial charge is 0.323 e. The van der Waals surface area contributed by atoms with Crippen molar-refractivity contribution in [3.63, 3.8) is 0 Å². The van der Waals surface area contributed by atoms with Crippen LogP contribution in [0, 0.1) is 0 Å². The largest absolute Gasteiger partial charge is 0.417 e. The Hall–Kier alpha value is -2.02. The van der Waals surface area contributed by atoms with Crippen LogP contribution in [0.5, 0.6) is 0 Å². The molecule has 0 spiro atoms. The van der Waals surface area contributed by atoms with Crippen molar-refractivity contribution in [3.05, 3.63) is 42.0 Å². The highest BCUT2D eigenvalue weighted by molar-refractivity contribution is 5.57. The summed E-state index contributed by atoms with van der Waals surface area (Å²) in [4.78, 5) is 11.9. The molecule has 2 rings (SSSR count). The molecule has 0 aliphatic heterocycles. The highest BCUT2D eigenvalue weighted by atomic mass is 19.4. The lowest BCUT2D eigenvalue weighted by Crippen LogP contribution is -2.11. The van der Waals surface area contributed by atoms with E-state index in [4.69, 9.17) is 5.73 Å². The molecule has 1 atom stereocenters. The fourth-order valence-corrected chi connectivity index (χ4v) is 1.58. The summed E-state index contributed by atoms with van der Waals surface area (Å²) >= 11 is 0. The van der Waals surface area contributed by atoms with Crippen molar-refractivity contribution in [1.82, 2.24) is 15.0 Å². The average Bonchev–Trinajstić information content (AvgIpc) is 2.38. The van der Waals surface area contributed by atoms with Gasteiger partial charge < -0.3 is 5.73 Å². The highest BCUT2D eigenvalue weighted by Crippen LogP contribution is 2.30. The maximum absolute atomic E-state index is 12.4. The van der Waals surface area contributed by atoms with Crippen molar-refractivity contribution in [2.24, 2.45) is 5.73 Å². The van der Waals surface area contributed by atoms with Crippen molar-refractivity contribution in [1.29, 1.82) is 0 Å². The zero-order valence-electron chi connectivity index (χ0n) is 10.0. The monoisotopic (exact) mass is 268 g/mol. The molecule has 0 aromatic carbocycles. The molecule has 19 heavy (non-hydrogen) atoms. The second-order valence-electron chi connectivity index (χ2n) is 4.01. The lowest BCUT2D eigenvalue weighted by atomic mass is 10.1. The summed E-state index contributed by atoms with van der Waals surface area (Å²) in [7, 11) is 0. The molecule has 0 saturated heterocycles. The quantitative estimate of drug-likeness (QED) is 0.909. The molecule has 0 amide bonds. The van der Waals surface area contributed by atoms with Crippen LogP contribution >= 0.6 is 0 Å². The summed E-state index contributed by atoms with van der Waals surface area (Å²) in [6.07, 6.45) is -0.709. The van der Waals surface area contributed by atoms with Crippen LogP contribution in [0.2, 0.25) is 0 Å². The predicted octanol–water partition coefficient (Wildman–Crippen LogP) is 2.58. The third kappa shape index (κ3) is 2.87. The van der Waals surface area contributed by atoms with Gasteiger partial charge in [-0.25, -0.2) is 0 Å². The van der Waals surface area contributed by atoms with E-state index in [9.17, 15) is 13.2 Å². The molecule has 0 aliphatic rings. The minimum absolute atomic E-state index is 0.313. The maximum atomic E-state index is 12.4. The van der Waals surface area contributed by atoms with E-state index in [1.807, 2.05) is 0 Å². The summed E-state index contributed by atoms with van der Waals surface area (Å²) in [5, 5.41) is 0. The molecular formula is C12H11F3N4. The van der Waals surface area contributed by atoms with Gasteiger partial charge in [0.15, 0.2) is 0 Å². The summed E-state index contributed by atoms with van der Waals surface area (Å²) in [6.45, 7) is 1.72. The Kier molecular flexibility index (Phi) is 3.48. The molecular weight excluding hydrogens is 257 g/mol. The molecule has 1 unspecified atom stereocenters. The fraction of sp³-hybridized carbons (Fsp3) is 0.250. The minimum atomic E-state index is -4.40. The van der Waals surface area contributed by atoms with Gasteiger partial charge in [0.2, 0.25) is 0 Å². The molecule has 0 aliphatic carbocycles. The summed E-state index contributed by atoms with van der Waals surface area (Å²) < 4.78 is 37.3. The number of nitrogens with zero attached hydrogens (tertiary/aromatic N) is 3. The van der Waals surface area contributed by atoms with Gasteiger partial charge in [0.25, 0.3) is 0 Å². The molecule has 7 heteroatoms. The van der Waals surface area contributed by atoms with Crippen LogP contribution in [-0.4, -0.2) is 15.0 Å². The SMILES string of the molecule is CC(N)c1nccnc1-c1ccc(C(F)(F)F)cn1. The Labute approximate surface area is 107 Å². The highest BCUT2D eigenvalue weighted by Gasteiger charge is 2.30. The van der Waals surface area contributed by atoms with E-state index in [-0.39, 0.29) is 6.04 Å². The van der Waals surface area contributed by atoms with Crippen LogP contribution in [0.4, 0.5) is 13.2 Å². The summed E-state index contributed by atoms with van der Waals surface area (Å²) in [5.74, 6) is 0. The van der Waals surface area contributed by atoms with Crippen LogP contribution in [-0.2, 0) is 6.18 Å². The number of hydrogen-bond donors (Lipinski definition) is 1. The second kappa shape index (κ2) is 4.93. The molecule has 2 N–H and O–H groups in total. The lowest BCUT2D eigenvalue weighted by Gasteiger charge is -2.10. The number of aromatic nitrogens is 3. The summed E-state index contributed by atoms with van der Waals surface area (Å²) in [5.41, 5.74) is 6.14. The standard InChI is InChI=1S/C12H11F3N4/c1-7(16)10-11(18-5-4-17-10)9-3-2-8(6-19-9)12(13,14)15/h2-7H,16H2,1H3. The van der Waals surface area contributed by atoms with Gasteiger partial charge in [0.05, 0.1) is 17.0 Å². The van der Waals surface area contributed by atoms with Gasteiger partial charge in [-0.05, 0) is 19.1 Å². The summed E-state index contributed by atoms with van der Waals surface area (Å²) in [6, 6.07) is 1.84. The van der Waals surface area contributed by atoms with Gasteiger partial charge in [-0.1, -0.05) is 0 Å². The third-order valence-electron chi connectivity index (χ3n) is 2.49. The third-order valence-corrected chi connectivity index (χ3v) is 2.49. The van der Waals surface area contributed by atoms with Crippen LogP contribution in [0.15, 0.2) is 30.7 Å². The first-order valence-electron chi connectivity index (χ1n) is 5.49. The predicted molar refractivity (Wildman–Crippen MR) is 62.9 cm³/mol. The molecule has 2 aromatic rings. The zero-order chi connectivity index (χ0) is 14.0. The fourth-order valence-electron chi connectivity index (χ4n) is 1.58. The molecule has 0 fully saturated rings. The Bertz CT molecular complexity index is 564. The average molecular weight is 268 g/mol. The Morgan fingerprint density at radius 2 is 1.79 bits per heavy atom. The van der Waals surface area contributed by atoms with Crippen molar-refractivity contribution in [3.8, 4) is 11.4 Å². The molecule has 0 saturated carbocycles. The van der Waals surface area contributed by atoms with E-state index >= 15 is 0 Å². The van der Waals surface area contributed by atoms with Crippen LogP contribution in [0.1, 0.15) is 24.2 Å². The first-order chi connectivity index (χ1) is 8.89. The molecule has 2 heterocycles. The van der Waals surface area contributed by atoms with Gasteiger partial charge in [-0.15, -0.1) is 0 Å². The molecule has 2 aromatic heterocycles. The van der Waals surface area contributed by atoms with E-state index in [0.717, 1.165) is 12.3 Å². The Balaban J connectivity index is 2.43. The molecule has 4 nitrogen and oxygen atoms in total. The van der Waals surface area contributed by atoms with Gasteiger partial charge in [0.1, 0.15) is 5.69 Å². The van der Waals surface area contributed by atoms with E-state index in [2.05, 4.69) is 15.0 Å². The normalized spacial score (nSPS) is 13.3. The number of pyridine rings is 1. The Morgan fingerprint density at radius 1 is 1.11 bits per heavy atom. The topological polar surface area (TPSA) is 64.7 Å². The second-order valence-corrected chi connectivity index (χ2v) is 4.01. The first-order valence-corrected chi connectivity index (χ1v) is 5.49. The van der Waals surface area contributed by atoms with Crippen molar-refractivity contribution >= 4 is 0 Å². The van der Waals surface area contributed by atoms with Gasteiger partial charge >= 0.3 is 6.18 Å². The molecule has 100 valence electrons. The van der Waals surface area contributed by atoms with E-state index in [1.54, 1.807) is 6.92 Å². The lowest BCUT2D eigenvalue weighted by molar-refractivity contribution is -0.137. The van der Waals surface area contributed by atoms with E-state index in [1.165, 1.54) is 18.5 Å². The van der Waals surface area contributed by atoms with Crippen molar-refractivity contribution < 1.29 is 13.2 Å². The van der Waals surface area contributed by atoms with Crippen LogP contribution in [0.25, 0.3) is 11.4 Å². The number of hydrogen-bond acceptors (Lipinski definition) is 4. The number of rotatable bonds is 2. The van der Waals surface area contributed by atoms with Gasteiger partial charge in [-0.2, -0.15) is 13.2 Å². The number of halogens is 3. The minimum Gasteiger partial charge on any atom is -0.323 e. The van der Waals surface area contributed by atoms with Crippen molar-refractivity contribution in [2.45, 2.75) is 19.1 Å². The Morgan fingerprint density at radius 3 is 2.32 bits per heavy atom. The van der Waals surface area contributed by atoms with Crippen LogP contribution < -0.4 is 5.73 Å². The molecule has 0 radical (unpaired) electrons.